The molecule has 3 saturated heterocycles. The topological polar surface area (TPSA) is 564 Å². The maximum Gasteiger partial charge on any atom is 0.408 e. The summed E-state index contributed by atoms with van der Waals surface area (Å²) in [4.78, 5) is 143. The number of halogens is 2. The molecule has 0 radical (unpaired) electrons. The van der Waals surface area contributed by atoms with Crippen LogP contribution in [0.25, 0.3) is 11.1 Å². The minimum absolute atomic E-state index is 0.111. The molecule has 0 aromatic heterocycles. The highest BCUT2D eigenvalue weighted by molar-refractivity contribution is 6.32. The van der Waals surface area contributed by atoms with Gasteiger partial charge in [-0.3, -0.25) is 38.4 Å². The smallest absolute Gasteiger partial charge is 0.408 e. The molecule has 37 nitrogen and oxygen atoms in total. The molecule has 13 rings (SSSR count). The van der Waals surface area contributed by atoms with Gasteiger partial charge in [0, 0.05) is 43.1 Å². The van der Waals surface area contributed by atoms with Crippen molar-refractivity contribution in [3.05, 3.63) is 116 Å². The van der Waals surface area contributed by atoms with Gasteiger partial charge >= 0.3 is 12.1 Å². The van der Waals surface area contributed by atoms with Gasteiger partial charge in [0.25, 0.3) is 0 Å². The summed E-state index contributed by atoms with van der Waals surface area (Å²) in [5, 5.41) is 132. The van der Waals surface area contributed by atoms with Crippen LogP contribution in [0.5, 0.6) is 46.0 Å². The van der Waals surface area contributed by atoms with Crippen LogP contribution in [0.3, 0.4) is 0 Å². The average Bonchev–Trinajstić information content (AvgIpc) is 1.28. The number of amides is 9. The number of hydrogen-bond acceptors (Lipinski definition) is 27. The Morgan fingerprint density at radius 3 is 1.96 bits per heavy atom. The Balaban J connectivity index is 1.12. The molecule has 115 heavy (non-hydrogen) atoms. The zero-order valence-electron chi connectivity index (χ0n) is 62.9. The highest BCUT2D eigenvalue weighted by Gasteiger charge is 2.56. The van der Waals surface area contributed by atoms with Gasteiger partial charge in [-0.1, -0.05) is 68.1 Å². The number of hydrogen-bond donors (Lipinski definition) is 20. The van der Waals surface area contributed by atoms with Gasteiger partial charge in [0.15, 0.2) is 36.0 Å². The Kier molecular flexibility index (Phi) is 26.9. The van der Waals surface area contributed by atoms with E-state index in [1.165, 1.54) is 26.1 Å². The summed E-state index contributed by atoms with van der Waals surface area (Å²) in [6.45, 7) is 7.74. The van der Waals surface area contributed by atoms with E-state index in [9.17, 15) is 74.7 Å². The molecule has 8 heterocycles. The number of unbranched alkanes of at least 4 members (excludes halogenated alkanes) is 3. The molecule has 18 atom stereocenters. The van der Waals surface area contributed by atoms with Crippen molar-refractivity contribution < 1.29 is 127 Å². The number of carboxylic acids is 1. The first-order chi connectivity index (χ1) is 54.6. The lowest BCUT2D eigenvalue weighted by Gasteiger charge is -2.46. The fraction of sp³-hybridized carbons (Fsp3) is 0.474. The first-order valence-corrected chi connectivity index (χ1v) is 37.8. The Bertz CT molecular complexity index is 4580. The van der Waals surface area contributed by atoms with Crippen molar-refractivity contribution in [3.63, 3.8) is 0 Å². The van der Waals surface area contributed by atoms with Gasteiger partial charge < -0.3 is 138 Å². The number of aliphatic carboxylic acids is 1. The van der Waals surface area contributed by atoms with Crippen LogP contribution in [0.4, 0.5) is 4.79 Å². The summed E-state index contributed by atoms with van der Waals surface area (Å²) >= 11 is 14.3. The predicted molar refractivity (Wildman–Crippen MR) is 401 cm³/mol. The molecular formula is C76H91Cl2N11O26. The highest BCUT2D eigenvalue weighted by Crippen LogP contribution is 2.51. The van der Waals surface area contributed by atoms with Crippen molar-refractivity contribution in [1.82, 2.24) is 53.2 Å². The van der Waals surface area contributed by atoms with Gasteiger partial charge in [-0.2, -0.15) is 0 Å². The van der Waals surface area contributed by atoms with Crippen molar-refractivity contribution >= 4 is 82.5 Å². The third-order valence-corrected chi connectivity index (χ3v) is 21.1. The summed E-state index contributed by atoms with van der Waals surface area (Å²) < 4.78 is 44.5. The first-order valence-electron chi connectivity index (χ1n) is 37.0. The molecule has 8 aliphatic heterocycles. The van der Waals surface area contributed by atoms with Crippen LogP contribution in [-0.4, -0.2) is 211 Å². The lowest BCUT2D eigenvalue weighted by atomic mass is 9.86. The molecule has 9 amide bonds. The molecular weight excluding hydrogens is 1550 g/mol. The normalized spacial score (nSPS) is 27.6. The molecule has 5 aromatic carbocycles. The molecule has 21 N–H and O–H groups in total. The Labute approximate surface area is 666 Å². The predicted octanol–water partition coefficient (Wildman–Crippen LogP) is 1.68. The van der Waals surface area contributed by atoms with E-state index in [-0.39, 0.29) is 64.2 Å². The number of nitrogens with one attached hydrogen (secondary N) is 10. The van der Waals surface area contributed by atoms with Crippen LogP contribution >= 0.6 is 23.2 Å². The maximum atomic E-state index is 16.3. The van der Waals surface area contributed by atoms with Crippen molar-refractivity contribution in [2.75, 3.05) is 26.7 Å². The average molecular weight is 1650 g/mol. The van der Waals surface area contributed by atoms with E-state index in [4.69, 9.17) is 62.1 Å². The number of aliphatic hydroxyl groups is 5. The monoisotopic (exact) mass is 1640 g/mol. The number of nitrogens with two attached hydrogens (primary N) is 1. The molecule has 8 aliphatic rings. The fourth-order valence-electron chi connectivity index (χ4n) is 14.6. The van der Waals surface area contributed by atoms with Gasteiger partial charge in [-0.15, -0.1) is 0 Å². The number of aliphatic hydroxyl groups excluding tert-OH is 5. The lowest BCUT2D eigenvalue weighted by Crippen LogP contribution is -2.63. The number of rotatable bonds is 22. The third kappa shape index (κ3) is 19.1. The highest BCUT2D eigenvalue weighted by atomic mass is 35.5. The number of benzene rings is 5. The van der Waals surface area contributed by atoms with Crippen molar-refractivity contribution in [1.29, 1.82) is 0 Å². The summed E-state index contributed by atoms with van der Waals surface area (Å²) in [5.74, 6) is -16.3. The molecule has 0 saturated carbocycles. The number of primary amides is 1. The van der Waals surface area contributed by atoms with Gasteiger partial charge in [0.2, 0.25) is 59.3 Å². The van der Waals surface area contributed by atoms with Crippen LogP contribution in [0.15, 0.2) is 72.8 Å². The minimum atomic E-state index is -2.38. The molecule has 620 valence electrons. The van der Waals surface area contributed by atoms with E-state index in [2.05, 4.69) is 53.2 Å². The molecule has 0 unspecified atom stereocenters. The van der Waals surface area contributed by atoms with Gasteiger partial charge in [-0.05, 0) is 129 Å². The van der Waals surface area contributed by atoms with E-state index in [0.29, 0.717) is 32.4 Å². The third-order valence-electron chi connectivity index (χ3n) is 20.5. The maximum absolute atomic E-state index is 16.3. The van der Waals surface area contributed by atoms with Crippen LogP contribution in [0, 0.1) is 5.92 Å². The summed E-state index contributed by atoms with van der Waals surface area (Å²) in [7, 11) is 1.47. The quantitative estimate of drug-likeness (QED) is 0.0438. The fourth-order valence-corrected chi connectivity index (χ4v) is 15.1. The van der Waals surface area contributed by atoms with Gasteiger partial charge in [0.1, 0.15) is 89.5 Å². The second-order valence-electron chi connectivity index (χ2n) is 29.5. The van der Waals surface area contributed by atoms with Crippen LogP contribution in [0.2, 0.25) is 10.0 Å². The van der Waals surface area contributed by atoms with Crippen molar-refractivity contribution in [2.24, 2.45) is 11.7 Å². The number of aromatic hydroxyl groups is 3. The van der Waals surface area contributed by atoms with Crippen LogP contribution in [0.1, 0.15) is 143 Å². The lowest BCUT2D eigenvalue weighted by molar-refractivity contribution is -0.332. The van der Waals surface area contributed by atoms with Crippen molar-refractivity contribution in [3.8, 4) is 57.1 Å². The summed E-state index contributed by atoms with van der Waals surface area (Å²) in [5.41, 5.74) is 1.46. The molecule has 39 heteroatoms. The Hall–Kier alpha value is -10.4. The Morgan fingerprint density at radius 2 is 1.34 bits per heavy atom. The molecule has 0 aliphatic carbocycles. The number of alkyl carbamates (subject to hydrolysis) is 1. The number of phenols is 3. The van der Waals surface area contributed by atoms with Crippen LogP contribution in [-0.2, 0) is 68.6 Å². The largest absolute Gasteiger partial charge is 0.507 e. The molecule has 11 bridgehead atoms. The molecule has 5 aromatic rings. The number of carbonyl (C=O) groups excluding carboxylic acids is 9. The van der Waals surface area contributed by atoms with E-state index in [1.807, 2.05) is 13.8 Å². The zero-order valence-corrected chi connectivity index (χ0v) is 64.4. The number of fused-ring (bicyclic) bond motifs is 16. The SMILES string of the molecule is CN[C@H](CC(C)C)C(=O)N[C@H]1C(=O)N[C@@H](CC(N)=O)C(=O)N[C@H]2C(=O)N[C@H]3C(=O)N[C@H](C(=O)N[C@H](C(=O)O)c4cc(O)c(CNCCCCCCNC(C)=O)c(O)c4-c4cc3ccc4O)[C@H](O)c3ccc(c(Cl)c3)Oc3cc2cc(c3O[C@@H]2O[C@H](CO)[C@@H](O)[C@H](O)[C@H]2O[C@H]2C[C@@]3(C)NC(=O)O[C@H]3[C@H](C)O2)Oc2ccc(cc2Cl)[C@H]1O. The standard InChI is InChI=1S/C76H91Cl2N11O26/c1-30(2)19-42(80-6)67(100)87-57-59(95)34-12-15-46(40(77)21-34)110-48-23-36-24-49(64(48)114-74-65(63(99)62(98)50(29-90)112-74)113-52-27-76(5)66(31(3)109-52)115-75(108)89-76)111-47-16-13-35(22-41(47)78)60(96)58-72(105)86-56(73(106)107)38-25-45(93)39(28-81-17-9-7-8-10-18-82-32(4)91)61(97)53(38)37-20-33(11-14-44(37)92)54(69(102)88-58)85-70(103)55(36)84-68(101)43(26-51(79)94)83-71(57)104/h11-16,20-25,30-31,42-43,50,52,54-60,62-63,65-66,74,80-81,90,92-93,95-99H,7-10,17-19,26-29H2,1-6H3,(H2,79,94)(H,82,91)(H,83,104)(H,84,101)(H,85,103)(H,86,105)(H,87,100)(H,88,102)(H,89,108)(H,106,107)/t31-,42+,43-,50+,52-,54+,55+,56-,57+,58-,59+,60+,62+,63-,65+,66-,74-,76+/m0/s1. The minimum Gasteiger partial charge on any atom is -0.507 e. The second-order valence-corrected chi connectivity index (χ2v) is 30.3. The van der Waals surface area contributed by atoms with E-state index in [0.717, 1.165) is 67.1 Å². The van der Waals surface area contributed by atoms with E-state index < -0.39 is 243 Å². The zero-order chi connectivity index (χ0) is 83.3. The number of phenolic OH excluding ortho intramolecular Hbond substituents is 3. The molecule has 3 fully saturated rings. The van der Waals surface area contributed by atoms with Gasteiger partial charge in [-0.25, -0.2) is 9.59 Å². The number of likely N-dealkylation sites (N-methyl/N-ethyl adjacent to an activating group) is 1. The Morgan fingerprint density at radius 1 is 0.713 bits per heavy atom. The summed E-state index contributed by atoms with van der Waals surface area (Å²) in [6.07, 6.45) is -16.2. The number of ether oxygens (including phenoxy) is 7. The second kappa shape index (κ2) is 36.2. The van der Waals surface area contributed by atoms with E-state index in [1.54, 1.807) is 13.8 Å². The van der Waals surface area contributed by atoms with Crippen LogP contribution < -0.4 is 73.1 Å². The van der Waals surface area contributed by atoms with Gasteiger partial charge in [0.05, 0.1) is 46.3 Å². The van der Waals surface area contributed by atoms with E-state index >= 15 is 19.2 Å². The number of carboxylic acid groups (broad SMARTS) is 1. The van der Waals surface area contributed by atoms with Crippen molar-refractivity contribution in [2.45, 2.75) is 195 Å². The summed E-state index contributed by atoms with van der Waals surface area (Å²) in [6, 6.07) is -1.54. The first kappa shape index (κ1) is 85.5. The molecule has 0 spiro atoms. The number of carbonyl (C=O) groups is 10.